The predicted molar refractivity (Wildman–Crippen MR) is 155 cm³/mol. The van der Waals surface area contributed by atoms with Crippen LogP contribution < -0.4 is 10.6 Å². The van der Waals surface area contributed by atoms with E-state index in [1.165, 1.54) is 53.4 Å². The Labute approximate surface area is 245 Å². The van der Waals surface area contributed by atoms with E-state index in [1.54, 1.807) is 30.3 Å². The van der Waals surface area contributed by atoms with E-state index >= 15 is 0 Å². The summed E-state index contributed by atoms with van der Waals surface area (Å²) in [4.78, 5) is 28.2. The van der Waals surface area contributed by atoms with Gasteiger partial charge in [-0.1, -0.05) is 30.3 Å². The van der Waals surface area contributed by atoms with Crippen LogP contribution in [-0.2, 0) is 24.5 Å². The number of nitrogens with zero attached hydrogens (tertiary/aromatic N) is 1. The van der Waals surface area contributed by atoms with Gasteiger partial charge in [0, 0.05) is 30.6 Å². The minimum Gasteiger partial charge on any atom is -0.340 e. The second kappa shape index (κ2) is 12.3. The molecule has 0 radical (unpaired) electrons. The van der Waals surface area contributed by atoms with Crippen molar-refractivity contribution in [1.82, 2.24) is 15.5 Å². The number of rotatable bonds is 10. The van der Waals surface area contributed by atoms with Crippen LogP contribution in [0.3, 0.4) is 0 Å². The molecule has 2 N–H and O–H groups in total. The zero-order valence-corrected chi connectivity index (χ0v) is 24.4. The van der Waals surface area contributed by atoms with Gasteiger partial charge in [0.2, 0.25) is 15.7 Å². The fourth-order valence-electron chi connectivity index (χ4n) is 5.09. The Hall–Kier alpha value is -3.61. The Morgan fingerprint density at radius 1 is 0.905 bits per heavy atom. The van der Waals surface area contributed by atoms with E-state index in [0.717, 1.165) is 12.0 Å². The third kappa shape index (κ3) is 7.05. The summed E-state index contributed by atoms with van der Waals surface area (Å²) in [6.07, 6.45) is 1.14. The van der Waals surface area contributed by atoms with Gasteiger partial charge < -0.3 is 15.5 Å². The lowest BCUT2D eigenvalue weighted by molar-refractivity contribution is -0.133. The predicted octanol–water partition coefficient (Wildman–Crippen LogP) is 2.55. The third-order valence-corrected chi connectivity index (χ3v) is 11.1. The van der Waals surface area contributed by atoms with Crippen molar-refractivity contribution in [1.29, 1.82) is 0 Å². The number of halogens is 1. The lowest BCUT2D eigenvalue weighted by atomic mass is 10.1. The maximum absolute atomic E-state index is 13.4. The van der Waals surface area contributed by atoms with Crippen molar-refractivity contribution in [3.63, 3.8) is 0 Å². The number of nitrogens with one attached hydrogen (secondary N) is 2. The molecule has 0 bridgehead atoms. The summed E-state index contributed by atoms with van der Waals surface area (Å²) in [7, 11) is -6.95. The molecule has 2 amide bonds. The number of hydrogen-bond acceptors (Lipinski definition) is 7. The van der Waals surface area contributed by atoms with Gasteiger partial charge in [0.15, 0.2) is 9.84 Å². The molecule has 0 spiro atoms. The molecule has 1 saturated carbocycles. The Balaban J connectivity index is 1.24. The number of carbonyl (C=O) groups is 2. The first-order valence-corrected chi connectivity index (χ1v) is 17.0. The molecular formula is C30H32FN3O6S2. The van der Waals surface area contributed by atoms with Crippen LogP contribution in [0.25, 0.3) is 0 Å². The van der Waals surface area contributed by atoms with E-state index in [1.807, 2.05) is 0 Å². The van der Waals surface area contributed by atoms with Crippen LogP contribution in [-0.4, -0.2) is 76.8 Å². The highest BCUT2D eigenvalue weighted by Gasteiger charge is 2.38. The van der Waals surface area contributed by atoms with Gasteiger partial charge in [-0.3, -0.25) is 9.59 Å². The summed E-state index contributed by atoms with van der Waals surface area (Å²) >= 11 is 0. The summed E-state index contributed by atoms with van der Waals surface area (Å²) in [5.74, 6) is -1.22. The van der Waals surface area contributed by atoms with Crippen molar-refractivity contribution < 1.29 is 30.8 Å². The van der Waals surface area contributed by atoms with Crippen molar-refractivity contribution >= 4 is 31.5 Å². The topological polar surface area (TPSA) is 130 Å². The fourth-order valence-corrected chi connectivity index (χ4v) is 7.57. The monoisotopic (exact) mass is 613 g/mol. The van der Waals surface area contributed by atoms with E-state index in [9.17, 15) is 30.8 Å². The van der Waals surface area contributed by atoms with Crippen LogP contribution in [0.5, 0.6) is 0 Å². The average molecular weight is 614 g/mol. The lowest BCUT2D eigenvalue weighted by Crippen LogP contribution is -2.53. The first-order valence-electron chi connectivity index (χ1n) is 13.7. The molecule has 2 aliphatic rings. The van der Waals surface area contributed by atoms with E-state index in [0.29, 0.717) is 6.54 Å². The Kier molecular flexibility index (Phi) is 8.76. The largest absolute Gasteiger partial charge is 0.340 e. The molecule has 1 aliphatic carbocycles. The molecule has 5 rings (SSSR count). The lowest BCUT2D eigenvalue weighted by Gasteiger charge is -2.30. The fraction of sp³-hybridized carbons (Fsp3) is 0.333. The van der Waals surface area contributed by atoms with E-state index in [-0.39, 0.29) is 70.1 Å². The number of hydrogen-bond donors (Lipinski definition) is 2. The van der Waals surface area contributed by atoms with Gasteiger partial charge in [0.05, 0.1) is 21.3 Å². The molecule has 1 aliphatic heterocycles. The number of amides is 2. The number of carbonyl (C=O) groups excluding carboxylic acids is 2. The van der Waals surface area contributed by atoms with Gasteiger partial charge in [-0.2, -0.15) is 0 Å². The number of sulfone groups is 2. The van der Waals surface area contributed by atoms with Crippen molar-refractivity contribution in [3.05, 3.63) is 95.8 Å². The van der Waals surface area contributed by atoms with Gasteiger partial charge in [-0.15, -0.1) is 0 Å². The smallest absolute Gasteiger partial charge is 0.251 e. The standard InChI is InChI=1S/C30H32FN3O6S2/c31-23-10-6-21(7-11-23)26-20-28(26)32-15-14-27(30(36)34-16-18-41(37,38)19-17-34)33-29(35)22-8-12-25(13-9-22)42(39,40)24-4-2-1-3-5-24/h1-13,26-28,32H,14-20H2,(H,33,35)/t26-,27-,28+/m0/s1. The van der Waals surface area contributed by atoms with Gasteiger partial charge in [0.1, 0.15) is 11.9 Å². The summed E-state index contributed by atoms with van der Waals surface area (Å²) in [6, 6.07) is 19.1. The zero-order chi connectivity index (χ0) is 29.9. The van der Waals surface area contributed by atoms with Crippen LogP contribution >= 0.6 is 0 Å². The second-order valence-corrected chi connectivity index (χ2v) is 14.8. The Morgan fingerprint density at radius 2 is 1.52 bits per heavy atom. The summed E-state index contributed by atoms with van der Waals surface area (Å²) in [5, 5.41) is 6.17. The quantitative estimate of drug-likeness (QED) is 0.360. The molecular weight excluding hydrogens is 581 g/mol. The van der Waals surface area contributed by atoms with Crippen molar-refractivity contribution in [3.8, 4) is 0 Å². The van der Waals surface area contributed by atoms with Gasteiger partial charge in [0.25, 0.3) is 5.91 Å². The normalized spacial score (nSPS) is 20.5. The van der Waals surface area contributed by atoms with Crippen LogP contribution in [0.2, 0.25) is 0 Å². The van der Waals surface area contributed by atoms with E-state index in [2.05, 4.69) is 10.6 Å². The summed E-state index contributed by atoms with van der Waals surface area (Å²) in [6.45, 7) is 0.532. The Bertz CT molecular complexity index is 1630. The molecule has 9 nitrogen and oxygen atoms in total. The zero-order valence-electron chi connectivity index (χ0n) is 22.8. The molecule has 42 heavy (non-hydrogen) atoms. The van der Waals surface area contributed by atoms with Crippen LogP contribution in [0.15, 0.2) is 88.7 Å². The molecule has 1 heterocycles. The SMILES string of the molecule is O=C(N[C@@H](CCN[C@@H]1C[C@H]1c1ccc(F)cc1)C(=O)N1CCS(=O)(=O)CC1)c1ccc(S(=O)(=O)c2ccccc2)cc1. The van der Waals surface area contributed by atoms with Crippen molar-refractivity contribution in [2.75, 3.05) is 31.1 Å². The molecule has 222 valence electrons. The molecule has 3 atom stereocenters. The minimum atomic E-state index is -3.75. The highest BCUT2D eigenvalue weighted by molar-refractivity contribution is 7.91. The molecule has 1 saturated heterocycles. The van der Waals surface area contributed by atoms with E-state index in [4.69, 9.17) is 0 Å². The summed E-state index contributed by atoms with van der Waals surface area (Å²) < 4.78 is 62.8. The van der Waals surface area contributed by atoms with Crippen LogP contribution in [0, 0.1) is 5.82 Å². The first kappa shape index (κ1) is 29.9. The van der Waals surface area contributed by atoms with Gasteiger partial charge >= 0.3 is 0 Å². The second-order valence-electron chi connectivity index (χ2n) is 10.6. The average Bonchev–Trinajstić information content (AvgIpc) is 3.76. The molecule has 3 aromatic carbocycles. The molecule has 12 heteroatoms. The molecule has 3 aromatic rings. The van der Waals surface area contributed by atoms with Crippen LogP contribution in [0.4, 0.5) is 4.39 Å². The third-order valence-electron chi connectivity index (χ3n) is 7.67. The van der Waals surface area contributed by atoms with Crippen molar-refractivity contribution in [2.24, 2.45) is 0 Å². The maximum Gasteiger partial charge on any atom is 0.251 e. The number of benzene rings is 3. The van der Waals surface area contributed by atoms with E-state index < -0.39 is 31.6 Å². The summed E-state index contributed by atoms with van der Waals surface area (Å²) in [5.41, 5.74) is 1.22. The molecule has 0 unspecified atom stereocenters. The van der Waals surface area contributed by atoms with Gasteiger partial charge in [-0.05, 0) is 73.5 Å². The maximum atomic E-state index is 13.4. The first-order chi connectivity index (χ1) is 20.0. The van der Waals surface area contributed by atoms with Crippen molar-refractivity contribution in [2.45, 2.75) is 40.6 Å². The molecule has 2 fully saturated rings. The highest BCUT2D eigenvalue weighted by atomic mass is 32.2. The van der Waals surface area contributed by atoms with Gasteiger partial charge in [-0.25, -0.2) is 21.2 Å². The van der Waals surface area contributed by atoms with Crippen LogP contribution in [0.1, 0.15) is 34.7 Å². The highest BCUT2D eigenvalue weighted by Crippen LogP contribution is 2.40. The Morgan fingerprint density at radius 3 is 2.17 bits per heavy atom. The minimum absolute atomic E-state index is 0.0387. The molecule has 0 aromatic heterocycles.